The third kappa shape index (κ3) is 2.14. The summed E-state index contributed by atoms with van der Waals surface area (Å²) < 4.78 is 0. The summed E-state index contributed by atoms with van der Waals surface area (Å²) in [6.45, 7) is 14.3. The van der Waals surface area contributed by atoms with Crippen LogP contribution >= 0.6 is 0 Å². The van der Waals surface area contributed by atoms with E-state index in [-0.39, 0.29) is 0 Å². The van der Waals surface area contributed by atoms with Gasteiger partial charge in [0, 0.05) is 5.54 Å². The zero-order valence-corrected chi connectivity index (χ0v) is 9.54. The molecule has 0 radical (unpaired) electrons. The van der Waals surface area contributed by atoms with Gasteiger partial charge in [0.15, 0.2) is 0 Å². The van der Waals surface area contributed by atoms with Crippen molar-refractivity contribution in [3.63, 3.8) is 0 Å². The van der Waals surface area contributed by atoms with Gasteiger partial charge in [0.25, 0.3) is 0 Å². The van der Waals surface area contributed by atoms with Crippen LogP contribution in [0.4, 0.5) is 0 Å². The molecule has 1 saturated heterocycles. The quantitative estimate of drug-likeness (QED) is 0.645. The molecule has 1 heteroatoms. The highest BCUT2D eigenvalue weighted by Gasteiger charge is 2.43. The van der Waals surface area contributed by atoms with Gasteiger partial charge in [-0.25, -0.2) is 0 Å². The molecular formula is C12H23N. The van der Waals surface area contributed by atoms with E-state index in [1.807, 2.05) is 0 Å². The maximum atomic E-state index is 4.04. The van der Waals surface area contributed by atoms with Crippen molar-refractivity contribution in [1.29, 1.82) is 0 Å². The van der Waals surface area contributed by atoms with Gasteiger partial charge in [0.2, 0.25) is 0 Å². The molecule has 1 aliphatic rings. The fraction of sp³-hybridized carbons (Fsp3) is 0.833. The number of nitrogens with one attached hydrogen (secondary N) is 1. The van der Waals surface area contributed by atoms with E-state index in [9.17, 15) is 0 Å². The Morgan fingerprint density at radius 3 is 2.38 bits per heavy atom. The Morgan fingerprint density at radius 1 is 1.46 bits per heavy atom. The van der Waals surface area contributed by atoms with Crippen molar-refractivity contribution >= 4 is 0 Å². The Hall–Kier alpha value is -0.300. The number of hydrogen-bond donors (Lipinski definition) is 1. The van der Waals surface area contributed by atoms with E-state index in [0.717, 1.165) is 6.42 Å². The summed E-state index contributed by atoms with van der Waals surface area (Å²) in [6, 6.07) is 0. The molecule has 0 spiro atoms. The van der Waals surface area contributed by atoms with E-state index in [0.29, 0.717) is 11.0 Å². The van der Waals surface area contributed by atoms with Gasteiger partial charge in [0.1, 0.15) is 0 Å². The van der Waals surface area contributed by atoms with Crippen LogP contribution in [0.2, 0.25) is 0 Å². The average Bonchev–Trinajstić information content (AvgIpc) is 2.33. The van der Waals surface area contributed by atoms with Crippen LogP contribution in [0.3, 0.4) is 0 Å². The summed E-state index contributed by atoms with van der Waals surface area (Å²) in [6.07, 6.45) is 3.73. The molecular weight excluding hydrogens is 158 g/mol. The first-order chi connectivity index (χ1) is 5.87. The Kier molecular flexibility index (Phi) is 2.86. The van der Waals surface area contributed by atoms with Crippen molar-refractivity contribution in [2.45, 2.75) is 52.5 Å². The molecule has 1 rings (SSSR count). The summed E-state index contributed by atoms with van der Waals surface area (Å²) in [5.41, 5.74) is 1.94. The molecule has 1 heterocycles. The molecule has 1 fully saturated rings. The van der Waals surface area contributed by atoms with Gasteiger partial charge in [-0.15, -0.1) is 6.58 Å². The maximum Gasteiger partial charge on any atom is 0.0267 e. The third-order valence-corrected chi connectivity index (χ3v) is 3.28. The number of rotatable bonds is 2. The van der Waals surface area contributed by atoms with Gasteiger partial charge in [-0.05, 0) is 38.1 Å². The maximum absolute atomic E-state index is 4.04. The fourth-order valence-corrected chi connectivity index (χ4v) is 2.38. The van der Waals surface area contributed by atoms with Crippen molar-refractivity contribution in [3.8, 4) is 0 Å². The van der Waals surface area contributed by atoms with Gasteiger partial charge < -0.3 is 5.32 Å². The molecule has 0 aromatic carbocycles. The van der Waals surface area contributed by atoms with Crippen LogP contribution in [-0.2, 0) is 0 Å². The molecule has 1 aliphatic heterocycles. The zero-order valence-electron chi connectivity index (χ0n) is 9.54. The second kappa shape index (κ2) is 3.45. The standard InChI is InChI=1S/C12H23N/c1-10(2)9-12(11(3,4)5)7-6-8-13-12/h13H,1,6-9H2,2-5H3. The topological polar surface area (TPSA) is 12.0 Å². The summed E-state index contributed by atoms with van der Waals surface area (Å²) in [4.78, 5) is 0. The predicted octanol–water partition coefficient (Wildman–Crippen LogP) is 3.12. The van der Waals surface area contributed by atoms with Crippen LogP contribution in [-0.4, -0.2) is 12.1 Å². The van der Waals surface area contributed by atoms with Gasteiger partial charge >= 0.3 is 0 Å². The van der Waals surface area contributed by atoms with Crippen molar-refractivity contribution in [2.75, 3.05) is 6.54 Å². The van der Waals surface area contributed by atoms with E-state index in [2.05, 4.69) is 39.6 Å². The molecule has 13 heavy (non-hydrogen) atoms. The Balaban J connectivity index is 2.81. The molecule has 0 amide bonds. The van der Waals surface area contributed by atoms with Gasteiger partial charge in [-0.3, -0.25) is 0 Å². The first-order valence-corrected chi connectivity index (χ1v) is 5.27. The summed E-state index contributed by atoms with van der Waals surface area (Å²) >= 11 is 0. The smallest absolute Gasteiger partial charge is 0.0267 e. The summed E-state index contributed by atoms with van der Waals surface area (Å²) in [7, 11) is 0. The lowest BCUT2D eigenvalue weighted by Gasteiger charge is -2.42. The van der Waals surface area contributed by atoms with Gasteiger partial charge in [0.05, 0.1) is 0 Å². The van der Waals surface area contributed by atoms with Crippen molar-refractivity contribution in [2.24, 2.45) is 5.41 Å². The molecule has 0 aromatic heterocycles. The van der Waals surface area contributed by atoms with Crippen LogP contribution in [0.15, 0.2) is 12.2 Å². The average molecular weight is 181 g/mol. The first kappa shape index (κ1) is 10.8. The number of hydrogen-bond acceptors (Lipinski definition) is 1. The molecule has 0 bridgehead atoms. The lowest BCUT2D eigenvalue weighted by atomic mass is 9.69. The minimum absolute atomic E-state index is 0.304. The minimum atomic E-state index is 0.304. The van der Waals surface area contributed by atoms with E-state index >= 15 is 0 Å². The fourth-order valence-electron chi connectivity index (χ4n) is 2.38. The van der Waals surface area contributed by atoms with E-state index in [4.69, 9.17) is 0 Å². The van der Waals surface area contributed by atoms with Crippen LogP contribution < -0.4 is 5.32 Å². The highest BCUT2D eigenvalue weighted by atomic mass is 15.0. The lowest BCUT2D eigenvalue weighted by molar-refractivity contribution is 0.159. The largest absolute Gasteiger partial charge is 0.310 e. The van der Waals surface area contributed by atoms with E-state index in [1.165, 1.54) is 25.0 Å². The van der Waals surface area contributed by atoms with Crippen LogP contribution in [0.25, 0.3) is 0 Å². The molecule has 1 atom stereocenters. The summed E-state index contributed by atoms with van der Waals surface area (Å²) in [5.74, 6) is 0. The molecule has 1 nitrogen and oxygen atoms in total. The second-order valence-corrected chi connectivity index (χ2v) is 5.50. The summed E-state index contributed by atoms with van der Waals surface area (Å²) in [5, 5.41) is 3.68. The predicted molar refractivity (Wildman–Crippen MR) is 58.9 cm³/mol. The van der Waals surface area contributed by atoms with Crippen LogP contribution in [0.1, 0.15) is 47.0 Å². The normalized spacial score (nSPS) is 29.2. The third-order valence-electron chi connectivity index (χ3n) is 3.28. The lowest BCUT2D eigenvalue weighted by Crippen LogP contribution is -2.50. The molecule has 76 valence electrons. The zero-order chi connectivity index (χ0) is 10.1. The van der Waals surface area contributed by atoms with Crippen molar-refractivity contribution < 1.29 is 0 Å². The van der Waals surface area contributed by atoms with Gasteiger partial charge in [-0.2, -0.15) is 0 Å². The second-order valence-electron chi connectivity index (χ2n) is 5.50. The molecule has 0 aromatic rings. The molecule has 1 unspecified atom stereocenters. The van der Waals surface area contributed by atoms with E-state index in [1.54, 1.807) is 0 Å². The van der Waals surface area contributed by atoms with Crippen molar-refractivity contribution in [3.05, 3.63) is 12.2 Å². The highest BCUT2D eigenvalue weighted by Crippen LogP contribution is 2.41. The Bertz CT molecular complexity index is 192. The van der Waals surface area contributed by atoms with Crippen LogP contribution in [0, 0.1) is 5.41 Å². The monoisotopic (exact) mass is 181 g/mol. The Morgan fingerprint density at radius 2 is 2.08 bits per heavy atom. The van der Waals surface area contributed by atoms with Gasteiger partial charge in [-0.1, -0.05) is 26.3 Å². The molecule has 0 aliphatic carbocycles. The molecule has 0 saturated carbocycles. The highest BCUT2D eigenvalue weighted by molar-refractivity contribution is 5.09. The first-order valence-electron chi connectivity index (χ1n) is 5.27. The van der Waals surface area contributed by atoms with Crippen molar-refractivity contribution in [1.82, 2.24) is 5.32 Å². The SMILES string of the molecule is C=C(C)CC1(C(C)(C)C)CCCN1. The van der Waals surface area contributed by atoms with Crippen LogP contribution in [0.5, 0.6) is 0 Å². The van der Waals surface area contributed by atoms with E-state index < -0.39 is 0 Å². The Labute approximate surface area is 82.6 Å². The minimum Gasteiger partial charge on any atom is -0.310 e. The molecule has 1 N–H and O–H groups in total.